The van der Waals surface area contributed by atoms with E-state index < -0.39 is 0 Å². The monoisotopic (exact) mass is 268 g/mol. The Morgan fingerprint density at radius 2 is 1.94 bits per heavy atom. The zero-order valence-electron chi connectivity index (χ0n) is 10.1. The Morgan fingerprint density at radius 1 is 1.33 bits per heavy atom. The highest BCUT2D eigenvalue weighted by atomic mass is 35.5. The molecule has 0 aromatic heterocycles. The van der Waals surface area contributed by atoms with Gasteiger partial charge in [-0.25, -0.2) is 0 Å². The molecule has 98 valence electrons. The van der Waals surface area contributed by atoms with Gasteiger partial charge in [-0.05, 0) is 17.7 Å². The lowest BCUT2D eigenvalue weighted by molar-refractivity contribution is -0.120. The van der Waals surface area contributed by atoms with Gasteiger partial charge in [0.15, 0.2) is 0 Å². The van der Waals surface area contributed by atoms with Crippen molar-refractivity contribution in [2.75, 3.05) is 32.8 Å². The number of carbonyl (C=O) groups is 1. The van der Waals surface area contributed by atoms with E-state index in [4.69, 9.17) is 22.1 Å². The first-order valence-electron chi connectivity index (χ1n) is 6.01. The lowest BCUT2D eigenvalue weighted by Crippen LogP contribution is -2.41. The van der Waals surface area contributed by atoms with Crippen molar-refractivity contribution in [1.29, 1.82) is 0 Å². The van der Waals surface area contributed by atoms with E-state index in [1.54, 1.807) is 12.1 Å². The highest BCUT2D eigenvalue weighted by molar-refractivity contribution is 6.30. The van der Waals surface area contributed by atoms with Crippen LogP contribution in [0.2, 0.25) is 5.02 Å². The van der Waals surface area contributed by atoms with Gasteiger partial charge in [0.1, 0.15) is 0 Å². The van der Waals surface area contributed by atoms with E-state index in [-0.39, 0.29) is 11.8 Å². The Balaban J connectivity index is 2.07. The van der Waals surface area contributed by atoms with Gasteiger partial charge in [-0.3, -0.25) is 9.69 Å². The highest BCUT2D eigenvalue weighted by Crippen LogP contribution is 2.20. The van der Waals surface area contributed by atoms with Crippen molar-refractivity contribution < 1.29 is 9.53 Å². The van der Waals surface area contributed by atoms with Gasteiger partial charge in [0, 0.05) is 24.7 Å². The van der Waals surface area contributed by atoms with E-state index in [0.29, 0.717) is 24.8 Å². The van der Waals surface area contributed by atoms with E-state index in [1.165, 1.54) is 0 Å². The van der Waals surface area contributed by atoms with Gasteiger partial charge in [0.05, 0.1) is 19.1 Å². The molecule has 18 heavy (non-hydrogen) atoms. The number of carbonyl (C=O) groups excluding carboxylic acids is 1. The van der Waals surface area contributed by atoms with E-state index in [1.807, 2.05) is 12.1 Å². The summed E-state index contributed by atoms with van der Waals surface area (Å²) in [7, 11) is 0. The van der Waals surface area contributed by atoms with E-state index >= 15 is 0 Å². The van der Waals surface area contributed by atoms with E-state index in [0.717, 1.165) is 18.7 Å². The van der Waals surface area contributed by atoms with Crippen molar-refractivity contribution in [3.05, 3.63) is 34.9 Å². The van der Waals surface area contributed by atoms with E-state index in [9.17, 15) is 4.79 Å². The zero-order valence-corrected chi connectivity index (χ0v) is 10.9. The van der Waals surface area contributed by atoms with Gasteiger partial charge in [-0.1, -0.05) is 23.7 Å². The number of hydrogen-bond acceptors (Lipinski definition) is 3. The van der Waals surface area contributed by atoms with Gasteiger partial charge in [0.25, 0.3) is 0 Å². The molecule has 5 heteroatoms. The third-order valence-electron chi connectivity index (χ3n) is 3.16. The fourth-order valence-electron chi connectivity index (χ4n) is 2.10. The first kappa shape index (κ1) is 13.3. The topological polar surface area (TPSA) is 55.6 Å². The van der Waals surface area contributed by atoms with Crippen LogP contribution in [0.5, 0.6) is 0 Å². The first-order chi connectivity index (χ1) is 8.66. The quantitative estimate of drug-likeness (QED) is 0.894. The smallest absolute Gasteiger partial charge is 0.226 e. The summed E-state index contributed by atoms with van der Waals surface area (Å²) in [6, 6.07) is 7.29. The summed E-state index contributed by atoms with van der Waals surface area (Å²) in [4.78, 5) is 13.8. The zero-order chi connectivity index (χ0) is 13.0. The second kappa shape index (κ2) is 6.18. The van der Waals surface area contributed by atoms with Crippen LogP contribution in [0.15, 0.2) is 24.3 Å². The SMILES string of the molecule is NC(=O)[C@H](CN1CCOCC1)c1ccc(Cl)cc1. The van der Waals surface area contributed by atoms with Crippen LogP contribution in [-0.4, -0.2) is 43.7 Å². The number of hydrogen-bond donors (Lipinski definition) is 1. The average Bonchev–Trinajstić information content (AvgIpc) is 2.38. The molecule has 2 rings (SSSR count). The fraction of sp³-hybridized carbons (Fsp3) is 0.462. The molecule has 1 aromatic rings. The maximum Gasteiger partial charge on any atom is 0.226 e. The molecule has 1 aromatic carbocycles. The predicted octanol–water partition coefficient (Wildman–Crippen LogP) is 1.24. The molecule has 1 fully saturated rings. The number of morpholine rings is 1. The molecule has 0 saturated carbocycles. The van der Waals surface area contributed by atoms with Crippen LogP contribution in [0.4, 0.5) is 0 Å². The Morgan fingerprint density at radius 3 is 2.50 bits per heavy atom. The number of nitrogens with zero attached hydrogens (tertiary/aromatic N) is 1. The van der Waals surface area contributed by atoms with Crippen LogP contribution in [0, 0.1) is 0 Å². The largest absolute Gasteiger partial charge is 0.379 e. The normalized spacial score (nSPS) is 18.5. The summed E-state index contributed by atoms with van der Waals surface area (Å²) in [6.45, 7) is 3.76. The maximum absolute atomic E-state index is 11.6. The lowest BCUT2D eigenvalue weighted by Gasteiger charge is -2.29. The molecule has 1 saturated heterocycles. The van der Waals surface area contributed by atoms with Crippen molar-refractivity contribution in [3.63, 3.8) is 0 Å². The summed E-state index contributed by atoms with van der Waals surface area (Å²) < 4.78 is 5.29. The van der Waals surface area contributed by atoms with Crippen molar-refractivity contribution in [1.82, 2.24) is 4.90 Å². The summed E-state index contributed by atoms with van der Waals surface area (Å²) >= 11 is 5.84. The number of amides is 1. The molecule has 0 spiro atoms. The van der Waals surface area contributed by atoms with Crippen LogP contribution in [-0.2, 0) is 9.53 Å². The van der Waals surface area contributed by atoms with E-state index in [2.05, 4.69) is 4.90 Å². The Bertz CT molecular complexity index is 402. The summed E-state index contributed by atoms with van der Waals surface area (Å²) in [6.07, 6.45) is 0. The maximum atomic E-state index is 11.6. The molecule has 1 aliphatic rings. The molecule has 2 N–H and O–H groups in total. The minimum atomic E-state index is -0.302. The predicted molar refractivity (Wildman–Crippen MR) is 70.6 cm³/mol. The average molecular weight is 269 g/mol. The molecule has 1 heterocycles. The molecule has 0 aliphatic carbocycles. The van der Waals surface area contributed by atoms with Crippen LogP contribution in [0.3, 0.4) is 0 Å². The van der Waals surface area contributed by atoms with Gasteiger partial charge in [-0.2, -0.15) is 0 Å². The lowest BCUT2D eigenvalue weighted by atomic mass is 9.97. The Hall–Kier alpha value is -1.10. The molecule has 4 nitrogen and oxygen atoms in total. The number of rotatable bonds is 4. The second-order valence-corrected chi connectivity index (χ2v) is 4.86. The first-order valence-corrected chi connectivity index (χ1v) is 6.39. The summed E-state index contributed by atoms with van der Waals surface area (Å²) in [5.41, 5.74) is 6.41. The summed E-state index contributed by atoms with van der Waals surface area (Å²) in [5, 5.41) is 0.661. The minimum Gasteiger partial charge on any atom is -0.379 e. The third kappa shape index (κ3) is 3.45. The molecular formula is C13H17ClN2O2. The van der Waals surface area contributed by atoms with Crippen LogP contribution >= 0.6 is 11.6 Å². The molecule has 0 radical (unpaired) electrons. The highest BCUT2D eigenvalue weighted by Gasteiger charge is 2.22. The van der Waals surface area contributed by atoms with Crippen molar-refractivity contribution in [2.24, 2.45) is 5.73 Å². The van der Waals surface area contributed by atoms with Crippen LogP contribution in [0.25, 0.3) is 0 Å². The molecule has 1 atom stereocenters. The number of halogens is 1. The third-order valence-corrected chi connectivity index (χ3v) is 3.41. The molecular weight excluding hydrogens is 252 g/mol. The van der Waals surface area contributed by atoms with Gasteiger partial charge in [-0.15, -0.1) is 0 Å². The molecule has 1 aliphatic heterocycles. The number of nitrogens with two attached hydrogens (primary N) is 1. The van der Waals surface area contributed by atoms with Crippen molar-refractivity contribution >= 4 is 17.5 Å². The van der Waals surface area contributed by atoms with Gasteiger partial charge < -0.3 is 10.5 Å². The minimum absolute atomic E-state index is 0.291. The number of ether oxygens (including phenoxy) is 1. The van der Waals surface area contributed by atoms with Crippen LogP contribution in [0.1, 0.15) is 11.5 Å². The Kier molecular flexibility index (Phi) is 4.58. The van der Waals surface area contributed by atoms with Crippen molar-refractivity contribution in [3.8, 4) is 0 Å². The number of benzene rings is 1. The van der Waals surface area contributed by atoms with Gasteiger partial charge >= 0.3 is 0 Å². The Labute approximate surface area is 112 Å². The van der Waals surface area contributed by atoms with Crippen molar-refractivity contribution in [2.45, 2.75) is 5.92 Å². The molecule has 0 bridgehead atoms. The van der Waals surface area contributed by atoms with Gasteiger partial charge in [0.2, 0.25) is 5.91 Å². The van der Waals surface area contributed by atoms with Crippen LogP contribution < -0.4 is 5.73 Å². The fourth-order valence-corrected chi connectivity index (χ4v) is 2.22. The number of primary amides is 1. The second-order valence-electron chi connectivity index (χ2n) is 4.42. The molecule has 0 unspecified atom stereocenters. The standard InChI is InChI=1S/C13H17ClN2O2/c14-11-3-1-10(2-4-11)12(13(15)17)9-16-5-7-18-8-6-16/h1-4,12H,5-9H2,(H2,15,17)/t12-/m1/s1. The molecule has 1 amide bonds. The summed E-state index contributed by atoms with van der Waals surface area (Å²) in [5.74, 6) is -0.593.